The Balaban J connectivity index is 2.11. The third-order valence-electron chi connectivity index (χ3n) is 3.11. The number of nitriles is 1. The van der Waals surface area contributed by atoms with Gasteiger partial charge in [-0.05, 0) is 18.9 Å². The fourth-order valence-electron chi connectivity index (χ4n) is 2.37. The van der Waals surface area contributed by atoms with E-state index in [0.29, 0.717) is 5.88 Å². The minimum atomic E-state index is -0.388. The molecule has 0 saturated heterocycles. The predicted molar refractivity (Wildman–Crippen MR) is 49.1 cm³/mol. The van der Waals surface area contributed by atoms with Crippen molar-refractivity contribution in [1.29, 1.82) is 5.26 Å². The maximum absolute atomic E-state index is 11.3. The zero-order valence-electron chi connectivity index (χ0n) is 7.16. The Morgan fingerprint density at radius 1 is 1.69 bits per heavy atom. The van der Waals surface area contributed by atoms with Crippen molar-refractivity contribution in [3.8, 4) is 6.07 Å². The van der Waals surface area contributed by atoms with E-state index in [0.717, 1.165) is 12.8 Å². The Morgan fingerprint density at radius 2 is 2.46 bits per heavy atom. The first-order chi connectivity index (χ1) is 6.26. The van der Waals surface area contributed by atoms with Gasteiger partial charge in [0.1, 0.15) is 0 Å². The number of ketones is 1. The molecule has 2 aliphatic rings. The van der Waals surface area contributed by atoms with Gasteiger partial charge in [0.25, 0.3) is 0 Å². The molecule has 68 valence electrons. The average molecular weight is 196 g/mol. The second-order valence-electron chi connectivity index (χ2n) is 3.71. The Hall–Kier alpha value is -0.810. The number of hydrogen-bond donors (Lipinski definition) is 0. The molecule has 3 heteroatoms. The smallest absolute Gasteiger partial charge is 0.160 e. The zero-order chi connectivity index (χ0) is 9.47. The second-order valence-corrected chi connectivity index (χ2v) is 4.09. The number of hydrogen-bond acceptors (Lipinski definition) is 2. The van der Waals surface area contributed by atoms with Gasteiger partial charge in [-0.2, -0.15) is 5.26 Å². The van der Waals surface area contributed by atoms with Crippen LogP contribution in [0.4, 0.5) is 0 Å². The Labute approximate surface area is 82.2 Å². The quantitative estimate of drug-likeness (QED) is 0.646. The van der Waals surface area contributed by atoms with Gasteiger partial charge >= 0.3 is 0 Å². The SMILES string of the molecule is N#C[C@]1(CCCCl)[C@@H]2C(=O)C=C[C@@H]21. The normalized spacial score (nSPS) is 40.2. The summed E-state index contributed by atoms with van der Waals surface area (Å²) in [6.45, 7) is 0. The monoisotopic (exact) mass is 195 g/mol. The summed E-state index contributed by atoms with van der Waals surface area (Å²) in [5.74, 6) is 0.843. The van der Waals surface area contributed by atoms with Crippen molar-refractivity contribution in [1.82, 2.24) is 0 Å². The average Bonchev–Trinajstić information content (AvgIpc) is 2.63. The number of allylic oxidation sites excluding steroid dienone is 2. The molecule has 0 amide bonds. The molecule has 0 aromatic carbocycles. The largest absolute Gasteiger partial charge is 0.294 e. The lowest BCUT2D eigenvalue weighted by molar-refractivity contribution is -0.116. The number of rotatable bonds is 3. The van der Waals surface area contributed by atoms with Gasteiger partial charge in [0.2, 0.25) is 0 Å². The van der Waals surface area contributed by atoms with Gasteiger partial charge in [0.15, 0.2) is 5.78 Å². The van der Waals surface area contributed by atoms with Crippen molar-refractivity contribution >= 4 is 17.4 Å². The van der Waals surface area contributed by atoms with Gasteiger partial charge in [0.05, 0.1) is 11.5 Å². The Morgan fingerprint density at radius 3 is 2.92 bits per heavy atom. The summed E-state index contributed by atoms with van der Waals surface area (Å²) < 4.78 is 0. The van der Waals surface area contributed by atoms with Crippen molar-refractivity contribution in [3.63, 3.8) is 0 Å². The van der Waals surface area contributed by atoms with Gasteiger partial charge in [-0.3, -0.25) is 4.79 Å². The second kappa shape index (κ2) is 2.85. The highest BCUT2D eigenvalue weighted by Gasteiger charge is 2.68. The highest BCUT2D eigenvalue weighted by Crippen LogP contribution is 2.64. The lowest BCUT2D eigenvalue weighted by Crippen LogP contribution is -2.09. The first-order valence-corrected chi connectivity index (χ1v) is 4.99. The van der Waals surface area contributed by atoms with E-state index >= 15 is 0 Å². The maximum atomic E-state index is 11.3. The molecule has 0 bridgehead atoms. The van der Waals surface area contributed by atoms with Crippen molar-refractivity contribution in [2.24, 2.45) is 17.3 Å². The standard InChI is InChI=1S/C10H10ClNO/c11-5-1-4-10(6-12)7-2-3-8(13)9(7)10/h2-3,7,9H,1,4-5H2/t7-,9-,10-/m0/s1. The summed E-state index contributed by atoms with van der Waals surface area (Å²) in [7, 11) is 0. The van der Waals surface area contributed by atoms with Gasteiger partial charge in [-0.15, -0.1) is 11.6 Å². The molecular weight excluding hydrogens is 186 g/mol. The van der Waals surface area contributed by atoms with Crippen LogP contribution in [0.2, 0.25) is 0 Å². The van der Waals surface area contributed by atoms with Crippen LogP contribution in [0, 0.1) is 28.6 Å². The van der Waals surface area contributed by atoms with Gasteiger partial charge in [-0.25, -0.2) is 0 Å². The van der Waals surface area contributed by atoms with E-state index in [1.165, 1.54) is 0 Å². The molecule has 0 aliphatic heterocycles. The molecule has 0 spiro atoms. The fraction of sp³-hybridized carbons (Fsp3) is 0.600. The fourth-order valence-corrected chi connectivity index (χ4v) is 2.50. The van der Waals surface area contributed by atoms with E-state index in [1.54, 1.807) is 6.08 Å². The number of carbonyl (C=O) groups excluding carboxylic acids is 1. The molecular formula is C10H10ClNO. The van der Waals surface area contributed by atoms with Crippen LogP contribution < -0.4 is 0 Å². The van der Waals surface area contributed by atoms with E-state index in [-0.39, 0.29) is 23.0 Å². The van der Waals surface area contributed by atoms with Crippen LogP contribution in [0.15, 0.2) is 12.2 Å². The van der Waals surface area contributed by atoms with Crippen LogP contribution in [0.5, 0.6) is 0 Å². The summed E-state index contributed by atoms with van der Waals surface area (Å²) in [5.41, 5.74) is -0.388. The lowest BCUT2D eigenvalue weighted by Gasteiger charge is -2.07. The van der Waals surface area contributed by atoms with Crippen LogP contribution in [-0.4, -0.2) is 11.7 Å². The molecule has 0 unspecified atom stereocenters. The van der Waals surface area contributed by atoms with Crippen LogP contribution in [0.25, 0.3) is 0 Å². The van der Waals surface area contributed by atoms with E-state index in [1.807, 2.05) is 6.08 Å². The molecule has 2 nitrogen and oxygen atoms in total. The zero-order valence-corrected chi connectivity index (χ0v) is 7.92. The molecule has 13 heavy (non-hydrogen) atoms. The summed E-state index contributed by atoms with van der Waals surface area (Å²) >= 11 is 5.57. The van der Waals surface area contributed by atoms with E-state index < -0.39 is 0 Å². The van der Waals surface area contributed by atoms with E-state index in [2.05, 4.69) is 6.07 Å². The molecule has 0 aromatic heterocycles. The van der Waals surface area contributed by atoms with Crippen LogP contribution >= 0.6 is 11.6 Å². The van der Waals surface area contributed by atoms with Crippen LogP contribution in [0.1, 0.15) is 12.8 Å². The molecule has 2 aliphatic carbocycles. The number of nitrogens with zero attached hydrogens (tertiary/aromatic N) is 1. The molecule has 0 aromatic rings. The minimum absolute atomic E-state index is 0.0410. The van der Waals surface area contributed by atoms with E-state index in [9.17, 15) is 4.79 Å². The van der Waals surface area contributed by atoms with Gasteiger partial charge in [0, 0.05) is 17.7 Å². The number of fused-ring (bicyclic) bond motifs is 1. The molecule has 1 fully saturated rings. The van der Waals surface area contributed by atoms with Gasteiger partial charge in [-0.1, -0.05) is 6.08 Å². The number of halogens is 1. The minimum Gasteiger partial charge on any atom is -0.294 e. The third kappa shape index (κ3) is 1.04. The van der Waals surface area contributed by atoms with Crippen LogP contribution in [0.3, 0.4) is 0 Å². The highest BCUT2D eigenvalue weighted by atomic mass is 35.5. The summed E-state index contributed by atoms with van der Waals surface area (Å²) in [4.78, 5) is 11.3. The molecule has 0 N–H and O–H groups in total. The molecule has 0 radical (unpaired) electrons. The molecule has 0 heterocycles. The first-order valence-electron chi connectivity index (χ1n) is 4.45. The number of alkyl halides is 1. The van der Waals surface area contributed by atoms with Crippen LogP contribution in [-0.2, 0) is 4.79 Å². The highest BCUT2D eigenvalue weighted by molar-refractivity contribution is 6.17. The Kier molecular flexibility index (Phi) is 1.92. The van der Waals surface area contributed by atoms with Crippen molar-refractivity contribution in [2.75, 3.05) is 5.88 Å². The van der Waals surface area contributed by atoms with E-state index in [4.69, 9.17) is 16.9 Å². The molecule has 3 atom stereocenters. The van der Waals surface area contributed by atoms with Crippen molar-refractivity contribution in [3.05, 3.63) is 12.2 Å². The summed E-state index contributed by atoms with van der Waals surface area (Å²) in [6, 6.07) is 2.29. The first kappa shape index (κ1) is 8.77. The lowest BCUT2D eigenvalue weighted by atomic mass is 9.94. The topological polar surface area (TPSA) is 40.9 Å². The van der Waals surface area contributed by atoms with Crippen molar-refractivity contribution < 1.29 is 4.79 Å². The summed E-state index contributed by atoms with van der Waals surface area (Å²) in [6.07, 6.45) is 5.07. The molecule has 2 rings (SSSR count). The summed E-state index contributed by atoms with van der Waals surface area (Å²) in [5, 5.41) is 9.03. The number of carbonyl (C=O) groups is 1. The predicted octanol–water partition coefficient (Wildman–Crippen LogP) is 1.90. The third-order valence-corrected chi connectivity index (χ3v) is 3.37. The van der Waals surface area contributed by atoms with Gasteiger partial charge < -0.3 is 0 Å². The van der Waals surface area contributed by atoms with Crippen molar-refractivity contribution in [2.45, 2.75) is 12.8 Å². The molecule has 1 saturated carbocycles. The Bertz CT molecular complexity index is 317. The maximum Gasteiger partial charge on any atom is 0.160 e.